The van der Waals surface area contributed by atoms with Gasteiger partial charge in [-0.25, -0.2) is 9.59 Å². The van der Waals surface area contributed by atoms with E-state index in [1.807, 2.05) is 0 Å². The molecule has 0 atom stereocenters. The normalized spacial score (nSPS) is 23.1. The van der Waals surface area contributed by atoms with Crippen LogP contribution in [0.15, 0.2) is 0 Å². The summed E-state index contributed by atoms with van der Waals surface area (Å²) >= 11 is 0. The molecule has 0 N–H and O–H groups in total. The molecule has 21 heavy (non-hydrogen) atoms. The second kappa shape index (κ2) is 5.34. The lowest BCUT2D eigenvalue weighted by atomic mass is 9.78. The summed E-state index contributed by atoms with van der Waals surface area (Å²) in [6.45, 7) is 2.63. The largest absolute Gasteiger partial charge is 0.508 e. The number of ether oxygens (including phenoxy) is 4. The molecule has 2 aliphatic heterocycles. The minimum Gasteiger partial charge on any atom is -0.433 e. The SMILES string of the molecule is CC1(C(=O)CC(=O)C2(C)COC(=O)OC2)COC(=O)OC1. The van der Waals surface area contributed by atoms with Gasteiger partial charge in [-0.1, -0.05) is 0 Å². The summed E-state index contributed by atoms with van der Waals surface area (Å²) < 4.78 is 18.8. The maximum atomic E-state index is 12.2. The lowest BCUT2D eigenvalue weighted by Crippen LogP contribution is -2.47. The summed E-state index contributed by atoms with van der Waals surface area (Å²) in [5.41, 5.74) is -2.10. The van der Waals surface area contributed by atoms with Crippen molar-refractivity contribution in [1.82, 2.24) is 0 Å². The third kappa shape index (κ3) is 3.14. The van der Waals surface area contributed by atoms with Crippen molar-refractivity contribution in [2.45, 2.75) is 20.3 Å². The predicted octanol–water partition coefficient (Wildman–Crippen LogP) is 0.861. The van der Waals surface area contributed by atoms with E-state index < -0.39 is 34.7 Å². The van der Waals surface area contributed by atoms with E-state index in [0.717, 1.165) is 0 Å². The highest BCUT2D eigenvalue weighted by Gasteiger charge is 2.45. The van der Waals surface area contributed by atoms with Gasteiger partial charge >= 0.3 is 12.3 Å². The second-order valence-electron chi connectivity index (χ2n) is 5.80. The Morgan fingerprint density at radius 3 is 1.38 bits per heavy atom. The van der Waals surface area contributed by atoms with Gasteiger partial charge in [-0.2, -0.15) is 0 Å². The first-order chi connectivity index (χ1) is 9.75. The first-order valence-electron chi connectivity index (χ1n) is 6.41. The molecule has 2 rings (SSSR count). The number of carbonyl (C=O) groups is 4. The van der Waals surface area contributed by atoms with Crippen molar-refractivity contribution in [3.8, 4) is 0 Å². The molecule has 2 aliphatic rings. The fourth-order valence-corrected chi connectivity index (χ4v) is 1.93. The van der Waals surface area contributed by atoms with E-state index in [2.05, 4.69) is 0 Å². The molecule has 0 aromatic rings. The zero-order chi connectivity index (χ0) is 15.7. The molecule has 0 unspecified atom stereocenters. The van der Waals surface area contributed by atoms with Crippen LogP contribution in [0.1, 0.15) is 20.3 Å². The van der Waals surface area contributed by atoms with Crippen molar-refractivity contribution >= 4 is 23.9 Å². The monoisotopic (exact) mass is 300 g/mol. The molecule has 2 fully saturated rings. The minimum absolute atomic E-state index is 0.125. The number of ketones is 2. The van der Waals surface area contributed by atoms with Gasteiger partial charge in [0.15, 0.2) is 11.6 Å². The van der Waals surface area contributed by atoms with Crippen molar-refractivity contribution in [3.63, 3.8) is 0 Å². The van der Waals surface area contributed by atoms with Crippen LogP contribution in [0.5, 0.6) is 0 Å². The molecule has 2 heterocycles. The molecule has 0 aromatic heterocycles. The van der Waals surface area contributed by atoms with E-state index in [-0.39, 0.29) is 32.8 Å². The first-order valence-corrected chi connectivity index (χ1v) is 6.41. The first kappa shape index (κ1) is 15.3. The molecule has 0 saturated carbocycles. The third-order valence-electron chi connectivity index (χ3n) is 3.70. The molecular weight excluding hydrogens is 284 g/mol. The summed E-state index contributed by atoms with van der Waals surface area (Å²) in [6, 6.07) is 0. The molecule has 2 saturated heterocycles. The molecule has 8 nitrogen and oxygen atoms in total. The summed E-state index contributed by atoms with van der Waals surface area (Å²) in [5.74, 6) is -0.781. The Labute approximate surface area is 120 Å². The van der Waals surface area contributed by atoms with E-state index in [1.54, 1.807) is 13.8 Å². The number of hydrogen-bond donors (Lipinski definition) is 0. The van der Waals surface area contributed by atoms with Crippen LogP contribution in [0.4, 0.5) is 9.59 Å². The highest BCUT2D eigenvalue weighted by molar-refractivity contribution is 6.04. The Balaban J connectivity index is 1.97. The quantitative estimate of drug-likeness (QED) is 0.556. The molecule has 0 spiro atoms. The van der Waals surface area contributed by atoms with Crippen LogP contribution in [0, 0.1) is 10.8 Å². The van der Waals surface area contributed by atoms with Gasteiger partial charge in [-0.3, -0.25) is 9.59 Å². The van der Waals surface area contributed by atoms with Crippen LogP contribution in [0.3, 0.4) is 0 Å². The third-order valence-corrected chi connectivity index (χ3v) is 3.70. The van der Waals surface area contributed by atoms with Gasteiger partial charge in [-0.05, 0) is 13.8 Å². The highest BCUT2D eigenvalue weighted by atomic mass is 16.7. The van der Waals surface area contributed by atoms with Gasteiger partial charge in [0.25, 0.3) is 0 Å². The molecule has 0 aromatic carbocycles. The summed E-state index contributed by atoms with van der Waals surface area (Å²) in [7, 11) is 0. The van der Waals surface area contributed by atoms with Crippen LogP contribution in [-0.4, -0.2) is 50.3 Å². The minimum atomic E-state index is -1.05. The van der Waals surface area contributed by atoms with Crippen LogP contribution < -0.4 is 0 Å². The number of cyclic esters (lactones) is 4. The highest BCUT2D eigenvalue weighted by Crippen LogP contribution is 2.29. The molecule has 116 valence electrons. The molecule has 0 aliphatic carbocycles. The summed E-state index contributed by atoms with van der Waals surface area (Å²) in [5, 5.41) is 0. The summed E-state index contributed by atoms with van der Waals surface area (Å²) in [6.07, 6.45) is -2.02. The number of Topliss-reactive ketones (excluding diaryl/α,β-unsaturated/α-hetero) is 2. The summed E-state index contributed by atoms with van der Waals surface area (Å²) in [4.78, 5) is 46.2. The van der Waals surface area contributed by atoms with Crippen LogP contribution >= 0.6 is 0 Å². The van der Waals surface area contributed by atoms with Crippen LogP contribution in [-0.2, 0) is 28.5 Å². The maximum absolute atomic E-state index is 12.2. The van der Waals surface area contributed by atoms with Gasteiger partial charge in [0, 0.05) is 0 Å². The van der Waals surface area contributed by atoms with Gasteiger partial charge in [0.2, 0.25) is 0 Å². The number of hydrogen-bond acceptors (Lipinski definition) is 8. The standard InChI is InChI=1S/C13H16O8/c1-12(4-18-10(16)19-5-12)8(14)3-9(15)13(2)6-20-11(17)21-7-13/h3-7H2,1-2H3. The predicted molar refractivity (Wildman–Crippen MR) is 65.4 cm³/mol. The zero-order valence-corrected chi connectivity index (χ0v) is 11.8. The van der Waals surface area contributed by atoms with Gasteiger partial charge < -0.3 is 18.9 Å². The Hall–Kier alpha value is -2.12. The van der Waals surface area contributed by atoms with Crippen molar-refractivity contribution in [2.24, 2.45) is 10.8 Å². The zero-order valence-electron chi connectivity index (χ0n) is 11.8. The van der Waals surface area contributed by atoms with Crippen LogP contribution in [0.25, 0.3) is 0 Å². The molecule has 0 amide bonds. The average molecular weight is 300 g/mol. The molecular formula is C13H16O8. The van der Waals surface area contributed by atoms with Crippen molar-refractivity contribution in [3.05, 3.63) is 0 Å². The van der Waals surface area contributed by atoms with Crippen molar-refractivity contribution in [2.75, 3.05) is 26.4 Å². The number of rotatable bonds is 4. The van der Waals surface area contributed by atoms with Gasteiger partial charge in [0.05, 0.1) is 17.3 Å². The van der Waals surface area contributed by atoms with E-state index >= 15 is 0 Å². The fraction of sp³-hybridized carbons (Fsp3) is 0.692. The van der Waals surface area contributed by atoms with E-state index in [4.69, 9.17) is 18.9 Å². The van der Waals surface area contributed by atoms with Crippen LogP contribution in [0.2, 0.25) is 0 Å². The lowest BCUT2D eigenvalue weighted by Gasteiger charge is -2.33. The Kier molecular flexibility index (Phi) is 3.89. The lowest BCUT2D eigenvalue weighted by molar-refractivity contribution is -0.148. The van der Waals surface area contributed by atoms with Gasteiger partial charge in [-0.15, -0.1) is 0 Å². The smallest absolute Gasteiger partial charge is 0.433 e. The fourth-order valence-electron chi connectivity index (χ4n) is 1.93. The average Bonchev–Trinajstić information content (AvgIpc) is 2.45. The molecule has 0 bridgehead atoms. The Morgan fingerprint density at radius 1 is 0.810 bits per heavy atom. The Morgan fingerprint density at radius 2 is 1.10 bits per heavy atom. The van der Waals surface area contributed by atoms with Crippen molar-refractivity contribution < 1.29 is 38.1 Å². The topological polar surface area (TPSA) is 105 Å². The van der Waals surface area contributed by atoms with Crippen molar-refractivity contribution in [1.29, 1.82) is 0 Å². The molecule has 8 heteroatoms. The van der Waals surface area contributed by atoms with E-state index in [1.165, 1.54) is 0 Å². The van der Waals surface area contributed by atoms with E-state index in [9.17, 15) is 19.2 Å². The number of carbonyl (C=O) groups excluding carboxylic acids is 4. The second-order valence-corrected chi connectivity index (χ2v) is 5.80. The molecule has 0 radical (unpaired) electrons. The van der Waals surface area contributed by atoms with Gasteiger partial charge in [0.1, 0.15) is 26.4 Å². The maximum Gasteiger partial charge on any atom is 0.508 e. The Bertz CT molecular complexity index is 430. The van der Waals surface area contributed by atoms with E-state index in [0.29, 0.717) is 0 Å².